The number of esters is 1. The van der Waals surface area contributed by atoms with E-state index in [4.69, 9.17) is 37.6 Å². The van der Waals surface area contributed by atoms with E-state index in [0.717, 1.165) is 0 Å². The number of hydroxylamine groups is 3. The highest BCUT2D eigenvalue weighted by molar-refractivity contribution is 6.31. The van der Waals surface area contributed by atoms with Gasteiger partial charge in [0.15, 0.2) is 18.6 Å². The summed E-state index contributed by atoms with van der Waals surface area (Å²) in [5.41, 5.74) is 0.763. The number of anilines is 1. The summed E-state index contributed by atoms with van der Waals surface area (Å²) in [6, 6.07) is 10.4. The lowest BCUT2D eigenvalue weighted by molar-refractivity contribution is -0.284. The number of carbonyl (C=O) groups is 1. The third kappa shape index (κ3) is 6.28. The highest BCUT2D eigenvalue weighted by Crippen LogP contribution is 2.30. The van der Waals surface area contributed by atoms with Crippen LogP contribution in [0.1, 0.15) is 26.3 Å². The highest BCUT2D eigenvalue weighted by Gasteiger charge is 2.35. The molecule has 0 saturated carbocycles. The van der Waals surface area contributed by atoms with Crippen molar-refractivity contribution in [2.24, 2.45) is 0 Å². The lowest BCUT2D eigenvalue weighted by Crippen LogP contribution is -2.52. The Morgan fingerprint density at radius 1 is 1.14 bits per heavy atom. The van der Waals surface area contributed by atoms with Gasteiger partial charge in [0.2, 0.25) is 0 Å². The molecule has 2 heterocycles. The van der Waals surface area contributed by atoms with E-state index in [2.05, 4.69) is 10.3 Å². The van der Waals surface area contributed by atoms with Crippen LogP contribution in [0.15, 0.2) is 48.7 Å². The Kier molecular flexibility index (Phi) is 7.58. The molecule has 1 aliphatic heterocycles. The molecule has 4 rings (SSSR count). The summed E-state index contributed by atoms with van der Waals surface area (Å²) in [7, 11) is 0. The van der Waals surface area contributed by atoms with E-state index < -0.39 is 23.4 Å². The zero-order valence-corrected chi connectivity index (χ0v) is 20.8. The minimum absolute atomic E-state index is 0.0326. The van der Waals surface area contributed by atoms with Crippen molar-refractivity contribution in [2.75, 3.05) is 18.5 Å². The normalized spacial score (nSPS) is 15.8. The van der Waals surface area contributed by atoms with Crippen molar-refractivity contribution in [3.63, 3.8) is 0 Å². The van der Waals surface area contributed by atoms with Gasteiger partial charge < -0.3 is 4.74 Å². The molecule has 0 bridgehead atoms. The van der Waals surface area contributed by atoms with Gasteiger partial charge in [-0.05, 0) is 50.6 Å². The van der Waals surface area contributed by atoms with Gasteiger partial charge in [-0.2, -0.15) is 0 Å². The van der Waals surface area contributed by atoms with Gasteiger partial charge in [0.05, 0.1) is 17.6 Å². The first kappa shape index (κ1) is 25.3. The standard InChI is InChI=1S/C23H24Cl2FN5O4/c1-23(2,3)35-22(32)20(10-15-6-4-5-7-17(15)26)31-14-33-30(13-34-31)19-11-16(24)8-9-18(19)29-12-21(25)27-28-29/h4-9,11-12,20H,10,13-14H2,1-3H3. The summed E-state index contributed by atoms with van der Waals surface area (Å²) >= 11 is 12.1. The number of nitrogens with zero attached hydrogens (tertiary/aromatic N) is 5. The monoisotopic (exact) mass is 523 g/mol. The zero-order chi connectivity index (χ0) is 25.2. The van der Waals surface area contributed by atoms with Crippen molar-refractivity contribution in [2.45, 2.75) is 38.8 Å². The van der Waals surface area contributed by atoms with Crippen LogP contribution in [-0.2, 0) is 25.6 Å². The molecule has 0 N–H and O–H groups in total. The number of carbonyl (C=O) groups excluding carboxylic acids is 1. The van der Waals surface area contributed by atoms with Crippen LogP contribution in [-0.4, -0.2) is 51.1 Å². The molecule has 1 aliphatic rings. The van der Waals surface area contributed by atoms with Crippen molar-refractivity contribution in [1.29, 1.82) is 0 Å². The van der Waals surface area contributed by atoms with Crippen LogP contribution in [0.3, 0.4) is 0 Å². The van der Waals surface area contributed by atoms with Gasteiger partial charge in [-0.15, -0.1) is 10.2 Å². The molecule has 1 unspecified atom stereocenters. The van der Waals surface area contributed by atoms with E-state index in [0.29, 0.717) is 22.0 Å². The molecule has 3 aromatic rings. The van der Waals surface area contributed by atoms with Gasteiger partial charge in [-0.3, -0.25) is 14.5 Å². The predicted molar refractivity (Wildman–Crippen MR) is 127 cm³/mol. The van der Waals surface area contributed by atoms with E-state index in [1.54, 1.807) is 63.4 Å². The summed E-state index contributed by atoms with van der Waals surface area (Å²) in [6.45, 7) is 5.06. The molecule has 12 heteroatoms. The fourth-order valence-electron chi connectivity index (χ4n) is 3.44. The SMILES string of the molecule is CC(C)(C)OC(=O)C(Cc1ccccc1F)N1CON(c2cc(Cl)ccc2-n2cc(Cl)nn2)CO1. The second-order valence-corrected chi connectivity index (χ2v) is 9.60. The molecule has 0 amide bonds. The largest absolute Gasteiger partial charge is 0.459 e. The Morgan fingerprint density at radius 2 is 1.91 bits per heavy atom. The van der Waals surface area contributed by atoms with Gasteiger partial charge in [-0.1, -0.05) is 46.6 Å². The highest BCUT2D eigenvalue weighted by atomic mass is 35.5. The number of ether oxygens (including phenoxy) is 1. The lowest BCUT2D eigenvalue weighted by atomic mass is 10.0. The molecule has 0 radical (unpaired) electrons. The van der Waals surface area contributed by atoms with E-state index in [1.165, 1.54) is 20.9 Å². The molecule has 1 atom stereocenters. The minimum Gasteiger partial charge on any atom is -0.459 e. The molecule has 2 aromatic carbocycles. The van der Waals surface area contributed by atoms with Crippen molar-refractivity contribution in [3.05, 3.63) is 70.2 Å². The molecule has 0 aliphatic carbocycles. The average Bonchev–Trinajstić information content (AvgIpc) is 3.23. The number of benzene rings is 2. The summed E-state index contributed by atoms with van der Waals surface area (Å²) in [4.78, 5) is 24.8. The summed E-state index contributed by atoms with van der Waals surface area (Å²) in [6.07, 6.45) is 1.57. The second kappa shape index (κ2) is 10.5. The van der Waals surface area contributed by atoms with Crippen molar-refractivity contribution in [1.82, 2.24) is 20.1 Å². The fourth-order valence-corrected chi connectivity index (χ4v) is 3.74. The number of halogens is 3. The van der Waals surface area contributed by atoms with Crippen molar-refractivity contribution >= 4 is 34.9 Å². The molecule has 0 spiro atoms. The molecular weight excluding hydrogens is 500 g/mol. The maximum atomic E-state index is 14.4. The quantitative estimate of drug-likeness (QED) is 0.434. The molecule has 1 saturated heterocycles. The van der Waals surface area contributed by atoms with Crippen LogP contribution in [0.25, 0.3) is 5.69 Å². The number of hydrogen-bond donors (Lipinski definition) is 0. The topological polar surface area (TPSA) is 82.0 Å². The van der Waals surface area contributed by atoms with Crippen LogP contribution >= 0.6 is 23.2 Å². The molecule has 1 aromatic heterocycles. The minimum atomic E-state index is -0.943. The molecular formula is C23H24Cl2FN5O4. The van der Waals surface area contributed by atoms with Gasteiger partial charge in [0.1, 0.15) is 17.5 Å². The molecule has 1 fully saturated rings. The number of aromatic nitrogens is 3. The fraction of sp³-hybridized carbons (Fsp3) is 0.348. The number of rotatable bonds is 6. The van der Waals surface area contributed by atoms with Gasteiger partial charge in [0.25, 0.3) is 0 Å². The Labute approximate surface area is 211 Å². The Bertz CT molecular complexity index is 1190. The summed E-state index contributed by atoms with van der Waals surface area (Å²) in [5, 5.41) is 11.3. The van der Waals surface area contributed by atoms with Crippen LogP contribution in [0.2, 0.25) is 10.2 Å². The average molecular weight is 524 g/mol. The van der Waals surface area contributed by atoms with E-state index in [9.17, 15) is 9.18 Å². The third-order valence-electron chi connectivity index (χ3n) is 5.00. The smallest absolute Gasteiger partial charge is 0.326 e. The summed E-state index contributed by atoms with van der Waals surface area (Å²) in [5.74, 6) is -0.978. The van der Waals surface area contributed by atoms with Crippen LogP contribution < -0.4 is 5.06 Å². The van der Waals surface area contributed by atoms with Gasteiger partial charge >= 0.3 is 5.97 Å². The Balaban J connectivity index is 1.54. The molecule has 186 valence electrons. The van der Waals surface area contributed by atoms with E-state index in [1.807, 2.05) is 0 Å². The van der Waals surface area contributed by atoms with E-state index >= 15 is 0 Å². The maximum absolute atomic E-state index is 14.4. The Morgan fingerprint density at radius 3 is 2.54 bits per heavy atom. The van der Waals surface area contributed by atoms with Gasteiger partial charge in [0, 0.05) is 11.4 Å². The Hall–Kier alpha value is -2.76. The molecule has 9 nitrogen and oxygen atoms in total. The molecule has 35 heavy (non-hydrogen) atoms. The summed E-state index contributed by atoms with van der Waals surface area (Å²) < 4.78 is 21.4. The van der Waals surface area contributed by atoms with Gasteiger partial charge in [-0.25, -0.2) is 14.1 Å². The second-order valence-electron chi connectivity index (χ2n) is 8.78. The third-order valence-corrected chi connectivity index (χ3v) is 5.41. The van der Waals surface area contributed by atoms with Crippen molar-refractivity contribution in [3.8, 4) is 5.69 Å². The van der Waals surface area contributed by atoms with Crippen LogP contribution in [0.5, 0.6) is 0 Å². The number of hydrogen-bond acceptors (Lipinski definition) is 8. The van der Waals surface area contributed by atoms with Crippen LogP contribution in [0, 0.1) is 5.82 Å². The first-order valence-electron chi connectivity index (χ1n) is 10.7. The maximum Gasteiger partial charge on any atom is 0.326 e. The van der Waals surface area contributed by atoms with E-state index in [-0.39, 0.29) is 25.0 Å². The van der Waals surface area contributed by atoms with Crippen LogP contribution in [0.4, 0.5) is 10.1 Å². The first-order chi connectivity index (χ1) is 16.6. The predicted octanol–water partition coefficient (Wildman–Crippen LogP) is 4.57. The zero-order valence-electron chi connectivity index (χ0n) is 19.3. The lowest BCUT2D eigenvalue weighted by Gasteiger charge is -2.38. The first-order valence-corrected chi connectivity index (χ1v) is 11.5. The van der Waals surface area contributed by atoms with Crippen molar-refractivity contribution < 1.29 is 23.6 Å².